The number of fused-ring (bicyclic) bond motifs is 1. The minimum absolute atomic E-state index is 0.229. The summed E-state index contributed by atoms with van der Waals surface area (Å²) < 4.78 is 1.73. The van der Waals surface area contributed by atoms with E-state index in [1.165, 1.54) is 0 Å². The molecule has 0 unspecified atom stereocenters. The molecule has 0 saturated carbocycles. The van der Waals surface area contributed by atoms with Crippen LogP contribution in [0.25, 0.3) is 16.6 Å². The summed E-state index contributed by atoms with van der Waals surface area (Å²) in [4.78, 5) is 15.1. The second-order valence-electron chi connectivity index (χ2n) is 3.82. The van der Waals surface area contributed by atoms with E-state index in [9.17, 15) is 4.79 Å². The van der Waals surface area contributed by atoms with Crippen LogP contribution >= 0.6 is 0 Å². The lowest BCUT2D eigenvalue weighted by molar-refractivity contribution is 0.0697. The molecule has 18 heavy (non-hydrogen) atoms. The predicted octanol–water partition coefficient (Wildman–Crippen LogP) is 2.12. The fourth-order valence-electron chi connectivity index (χ4n) is 1.88. The zero-order valence-electron chi connectivity index (χ0n) is 9.32. The second-order valence-corrected chi connectivity index (χ2v) is 3.82. The van der Waals surface area contributed by atoms with Crippen molar-refractivity contribution in [3.05, 3.63) is 54.5 Å². The van der Waals surface area contributed by atoms with Gasteiger partial charge in [-0.2, -0.15) is 5.10 Å². The van der Waals surface area contributed by atoms with E-state index in [1.807, 2.05) is 18.3 Å². The number of hydrogen-bond acceptors (Lipinski definition) is 3. The highest BCUT2D eigenvalue weighted by molar-refractivity contribution is 5.95. The summed E-state index contributed by atoms with van der Waals surface area (Å²) in [5, 5.41) is 14.0. The van der Waals surface area contributed by atoms with E-state index in [1.54, 1.807) is 35.3 Å². The Bertz CT molecular complexity index is 720. The Morgan fingerprint density at radius 3 is 2.83 bits per heavy atom. The van der Waals surface area contributed by atoms with Gasteiger partial charge in [0.15, 0.2) is 0 Å². The van der Waals surface area contributed by atoms with Gasteiger partial charge in [-0.05, 0) is 30.3 Å². The van der Waals surface area contributed by atoms with Gasteiger partial charge in [-0.1, -0.05) is 0 Å². The number of pyridine rings is 1. The van der Waals surface area contributed by atoms with Gasteiger partial charge in [0.1, 0.15) is 0 Å². The molecule has 88 valence electrons. The first-order valence-electron chi connectivity index (χ1n) is 5.38. The van der Waals surface area contributed by atoms with E-state index >= 15 is 0 Å². The fourth-order valence-corrected chi connectivity index (χ4v) is 1.88. The van der Waals surface area contributed by atoms with Crippen LogP contribution in [0.2, 0.25) is 0 Å². The smallest absolute Gasteiger partial charge is 0.335 e. The topological polar surface area (TPSA) is 68.0 Å². The van der Waals surface area contributed by atoms with Crippen molar-refractivity contribution in [1.29, 1.82) is 0 Å². The van der Waals surface area contributed by atoms with Gasteiger partial charge in [0, 0.05) is 24.0 Å². The number of benzene rings is 1. The SMILES string of the molecule is O=C(O)c1ccc2c(-n3cccn3)ccnc2c1. The number of aromatic nitrogens is 3. The number of rotatable bonds is 2. The largest absolute Gasteiger partial charge is 0.478 e. The van der Waals surface area contributed by atoms with Crippen molar-refractivity contribution in [1.82, 2.24) is 14.8 Å². The maximum Gasteiger partial charge on any atom is 0.335 e. The van der Waals surface area contributed by atoms with E-state index in [4.69, 9.17) is 5.11 Å². The highest BCUT2D eigenvalue weighted by atomic mass is 16.4. The van der Waals surface area contributed by atoms with Crippen LogP contribution in [0.1, 0.15) is 10.4 Å². The molecule has 0 fully saturated rings. The van der Waals surface area contributed by atoms with Crippen LogP contribution in [-0.2, 0) is 0 Å². The summed E-state index contributed by atoms with van der Waals surface area (Å²) in [6.07, 6.45) is 5.17. The van der Waals surface area contributed by atoms with Crippen molar-refractivity contribution >= 4 is 16.9 Å². The molecule has 1 N–H and O–H groups in total. The monoisotopic (exact) mass is 239 g/mol. The van der Waals surface area contributed by atoms with Gasteiger partial charge in [-0.15, -0.1) is 0 Å². The number of carbonyl (C=O) groups is 1. The average Bonchev–Trinajstić information content (AvgIpc) is 2.91. The number of carboxylic acid groups (broad SMARTS) is 1. The predicted molar refractivity (Wildman–Crippen MR) is 65.8 cm³/mol. The normalized spacial score (nSPS) is 10.7. The molecule has 0 radical (unpaired) electrons. The van der Waals surface area contributed by atoms with Gasteiger partial charge in [-0.3, -0.25) is 4.98 Å². The molecule has 3 rings (SSSR count). The zero-order valence-corrected chi connectivity index (χ0v) is 9.32. The Balaban J connectivity index is 2.26. The third kappa shape index (κ3) is 1.62. The molecular formula is C13H9N3O2. The summed E-state index contributed by atoms with van der Waals surface area (Å²) in [5.74, 6) is -0.955. The summed E-state index contributed by atoms with van der Waals surface area (Å²) in [6.45, 7) is 0. The molecule has 1 aromatic carbocycles. The van der Waals surface area contributed by atoms with Crippen LogP contribution in [0, 0.1) is 0 Å². The highest BCUT2D eigenvalue weighted by Crippen LogP contribution is 2.21. The lowest BCUT2D eigenvalue weighted by atomic mass is 10.1. The van der Waals surface area contributed by atoms with Gasteiger partial charge in [0.25, 0.3) is 0 Å². The molecule has 0 saturated heterocycles. The van der Waals surface area contributed by atoms with Crippen LogP contribution in [0.3, 0.4) is 0 Å². The summed E-state index contributed by atoms with van der Waals surface area (Å²) in [5.41, 5.74) is 1.75. The van der Waals surface area contributed by atoms with Crippen LogP contribution in [0.15, 0.2) is 48.9 Å². The first-order valence-corrected chi connectivity index (χ1v) is 5.38. The van der Waals surface area contributed by atoms with E-state index in [0.29, 0.717) is 5.52 Å². The minimum atomic E-state index is -0.955. The maximum atomic E-state index is 10.9. The molecule has 0 aliphatic carbocycles. The molecule has 0 aliphatic heterocycles. The maximum absolute atomic E-state index is 10.9. The first-order chi connectivity index (χ1) is 8.75. The van der Waals surface area contributed by atoms with E-state index < -0.39 is 5.97 Å². The first kappa shape index (κ1) is 10.5. The van der Waals surface area contributed by atoms with Crippen molar-refractivity contribution in [2.45, 2.75) is 0 Å². The Morgan fingerprint density at radius 1 is 1.22 bits per heavy atom. The van der Waals surface area contributed by atoms with Crippen molar-refractivity contribution < 1.29 is 9.90 Å². The fraction of sp³-hybridized carbons (Fsp3) is 0. The second kappa shape index (κ2) is 3.96. The molecular weight excluding hydrogens is 230 g/mol. The standard InChI is InChI=1S/C13H9N3O2/c17-13(18)9-2-3-10-11(8-9)14-6-4-12(10)16-7-1-5-15-16/h1-8H,(H,17,18). The van der Waals surface area contributed by atoms with Crippen LogP contribution < -0.4 is 0 Å². The number of hydrogen-bond donors (Lipinski definition) is 1. The molecule has 3 aromatic rings. The van der Waals surface area contributed by atoms with Gasteiger partial charge >= 0.3 is 5.97 Å². The molecule has 5 heteroatoms. The Hall–Kier alpha value is -2.69. The van der Waals surface area contributed by atoms with E-state index in [-0.39, 0.29) is 5.56 Å². The molecule has 0 amide bonds. The van der Waals surface area contributed by atoms with E-state index in [2.05, 4.69) is 10.1 Å². The molecule has 0 bridgehead atoms. The van der Waals surface area contributed by atoms with Gasteiger partial charge in [0.2, 0.25) is 0 Å². The number of carboxylic acids is 1. The zero-order chi connectivity index (χ0) is 12.5. The molecule has 5 nitrogen and oxygen atoms in total. The lowest BCUT2D eigenvalue weighted by Crippen LogP contribution is -1.99. The third-order valence-corrected chi connectivity index (χ3v) is 2.72. The lowest BCUT2D eigenvalue weighted by Gasteiger charge is -2.06. The van der Waals surface area contributed by atoms with Crippen molar-refractivity contribution in [3.8, 4) is 5.69 Å². The summed E-state index contributed by atoms with van der Waals surface area (Å²) in [6, 6.07) is 8.56. The van der Waals surface area contributed by atoms with Crippen molar-refractivity contribution in [2.24, 2.45) is 0 Å². The molecule has 0 aliphatic rings. The van der Waals surface area contributed by atoms with E-state index in [0.717, 1.165) is 11.1 Å². The number of aromatic carboxylic acids is 1. The number of nitrogens with zero attached hydrogens (tertiary/aromatic N) is 3. The Labute approximate surface area is 102 Å². The Kier molecular flexibility index (Phi) is 2.30. The van der Waals surface area contributed by atoms with Crippen LogP contribution in [-0.4, -0.2) is 25.8 Å². The van der Waals surface area contributed by atoms with Crippen molar-refractivity contribution in [2.75, 3.05) is 0 Å². The van der Waals surface area contributed by atoms with Gasteiger partial charge in [-0.25, -0.2) is 9.48 Å². The summed E-state index contributed by atoms with van der Waals surface area (Å²) in [7, 11) is 0. The van der Waals surface area contributed by atoms with Crippen LogP contribution in [0.4, 0.5) is 0 Å². The Morgan fingerprint density at radius 2 is 2.11 bits per heavy atom. The molecule has 2 aromatic heterocycles. The molecule has 0 atom stereocenters. The average molecular weight is 239 g/mol. The minimum Gasteiger partial charge on any atom is -0.478 e. The molecule has 0 spiro atoms. The summed E-state index contributed by atoms with van der Waals surface area (Å²) >= 11 is 0. The molecule has 2 heterocycles. The third-order valence-electron chi connectivity index (χ3n) is 2.72. The van der Waals surface area contributed by atoms with Crippen molar-refractivity contribution in [3.63, 3.8) is 0 Å². The van der Waals surface area contributed by atoms with Gasteiger partial charge in [0.05, 0.1) is 16.8 Å². The quantitative estimate of drug-likeness (QED) is 0.743. The highest BCUT2D eigenvalue weighted by Gasteiger charge is 2.08. The van der Waals surface area contributed by atoms with Crippen LogP contribution in [0.5, 0.6) is 0 Å². The van der Waals surface area contributed by atoms with Gasteiger partial charge < -0.3 is 5.11 Å².